The number of ketones is 1. The topological polar surface area (TPSA) is 17.1 Å². The van der Waals surface area contributed by atoms with Gasteiger partial charge in [-0.25, -0.2) is 0 Å². The summed E-state index contributed by atoms with van der Waals surface area (Å²) in [5, 5.41) is 0. The molecule has 0 bridgehead atoms. The van der Waals surface area contributed by atoms with E-state index in [-0.39, 0.29) is 64.9 Å². The Balaban J connectivity index is -0.000000845. The van der Waals surface area contributed by atoms with E-state index in [0.717, 1.165) is 6.42 Å². The van der Waals surface area contributed by atoms with Crippen LogP contribution in [0.5, 0.6) is 0 Å². The van der Waals surface area contributed by atoms with Gasteiger partial charge in [0.15, 0.2) is 0 Å². The predicted octanol–water partition coefficient (Wildman–Crippen LogP) is 3.01. The van der Waals surface area contributed by atoms with Gasteiger partial charge in [-0.05, 0) is 6.42 Å². The minimum absolute atomic E-state index is 0. The fourth-order valence-electron chi connectivity index (χ4n) is 1.63. The molecule has 0 atom stereocenters. The monoisotopic (exact) mass is 245 g/mol. The third-order valence-corrected chi connectivity index (χ3v) is 2.56. The molecular weight excluding hydrogens is 218 g/mol. The molecule has 0 aliphatic heterocycles. The molecule has 87 valence electrons. The number of carbonyl (C=O) groups excluding carboxylic acids is 1. The number of carbonyl (C=O) groups is 1. The van der Waals surface area contributed by atoms with Crippen molar-refractivity contribution < 1.29 is 4.79 Å². The van der Waals surface area contributed by atoms with E-state index in [2.05, 4.69) is 13.8 Å². The molecule has 0 amide bonds. The van der Waals surface area contributed by atoms with Crippen molar-refractivity contribution in [2.45, 2.75) is 71.1 Å². The van der Waals surface area contributed by atoms with E-state index in [1.54, 1.807) is 0 Å². The van der Waals surface area contributed by atoms with Crippen molar-refractivity contribution >= 4 is 64.9 Å². The van der Waals surface area contributed by atoms with E-state index < -0.39 is 0 Å². The molecule has 0 unspecified atom stereocenters. The molecule has 0 aromatic rings. The van der Waals surface area contributed by atoms with E-state index in [0.29, 0.717) is 6.42 Å². The zero-order valence-electron chi connectivity index (χ0n) is 9.69. The zero-order chi connectivity index (χ0) is 10.6. The second kappa shape index (κ2) is 19.0. The van der Waals surface area contributed by atoms with E-state index in [4.69, 9.17) is 0 Å². The molecule has 0 heterocycles. The first-order chi connectivity index (χ1) is 6.77. The molecule has 0 spiro atoms. The van der Waals surface area contributed by atoms with E-state index >= 15 is 0 Å². The van der Waals surface area contributed by atoms with Gasteiger partial charge in [-0.1, -0.05) is 58.3 Å². The number of unbranched alkanes of at least 4 members (excludes halogenated alkanes) is 8. The van der Waals surface area contributed by atoms with Gasteiger partial charge in [0.05, 0.1) is 0 Å². The average molecular weight is 245 g/mol. The predicted molar refractivity (Wildman–Crippen MR) is 76.5 cm³/mol. The molecule has 0 N–H and O–H groups in total. The Morgan fingerprint density at radius 1 is 0.812 bits per heavy atom. The van der Waals surface area contributed by atoms with Gasteiger partial charge in [0, 0.05) is 13.3 Å². The minimum atomic E-state index is 0. The van der Waals surface area contributed by atoms with Crippen LogP contribution in [-0.2, 0) is 4.79 Å². The summed E-state index contributed by atoms with van der Waals surface area (Å²) in [6, 6.07) is 0. The third kappa shape index (κ3) is 21.0. The van der Waals surface area contributed by atoms with E-state index in [9.17, 15) is 4.79 Å². The van der Waals surface area contributed by atoms with Crippen molar-refractivity contribution in [2.75, 3.05) is 0 Å². The summed E-state index contributed by atoms with van der Waals surface area (Å²) in [5.74, 6) is 0.0907. The van der Waals surface area contributed by atoms with Crippen molar-refractivity contribution in [2.24, 2.45) is 0 Å². The summed E-state index contributed by atoms with van der Waals surface area (Å²) in [6.07, 6.45) is 12.4. The van der Waals surface area contributed by atoms with Crippen LogP contribution in [0.2, 0.25) is 0 Å². The van der Waals surface area contributed by atoms with Gasteiger partial charge in [-0.2, -0.15) is 0 Å². The maximum absolute atomic E-state index is 10.5. The van der Waals surface area contributed by atoms with Crippen LogP contribution in [0.4, 0.5) is 0 Å². The quantitative estimate of drug-likeness (QED) is 0.427. The second-order valence-corrected chi connectivity index (χ2v) is 4.12. The summed E-state index contributed by atoms with van der Waals surface area (Å²) in [7, 11) is 0. The molecule has 0 rings (SSSR count). The Morgan fingerprint density at radius 2 is 1.19 bits per heavy atom. The number of rotatable bonds is 10. The first-order valence-electron chi connectivity index (χ1n) is 6.12. The molecule has 3 heteroatoms. The molecule has 0 aromatic heterocycles. The number of hydrogen-bond donors (Lipinski definition) is 0. The Hall–Kier alpha value is 1.67. The molecule has 1 nitrogen and oxygen atoms in total. The van der Waals surface area contributed by atoms with Gasteiger partial charge in [0.25, 0.3) is 0 Å². The molecule has 16 heavy (non-hydrogen) atoms. The van der Waals surface area contributed by atoms with Crippen molar-refractivity contribution in [3.05, 3.63) is 6.92 Å². The summed E-state index contributed by atoms with van der Waals surface area (Å²) in [6.45, 7) is 5.61. The molecule has 0 aliphatic carbocycles. The van der Waals surface area contributed by atoms with E-state index in [1.165, 1.54) is 51.4 Å². The maximum atomic E-state index is 10.5. The Morgan fingerprint density at radius 3 is 1.56 bits per heavy atom. The second-order valence-electron chi connectivity index (χ2n) is 4.12. The van der Waals surface area contributed by atoms with Crippen LogP contribution in [-0.4, -0.2) is 64.9 Å². The zero-order valence-corrected chi connectivity index (χ0v) is 9.69. The first kappa shape index (κ1) is 22.8. The summed E-state index contributed by atoms with van der Waals surface area (Å²) in [5.41, 5.74) is 0. The average Bonchev–Trinajstić information content (AvgIpc) is 2.15. The van der Waals surface area contributed by atoms with Crippen LogP contribution in [0.15, 0.2) is 0 Å². The Bertz CT molecular complexity index is 138. The van der Waals surface area contributed by atoms with Crippen LogP contribution >= 0.6 is 0 Å². The normalized spacial score (nSPS) is 9.12. The van der Waals surface area contributed by atoms with Crippen molar-refractivity contribution in [3.63, 3.8) is 0 Å². The fraction of sp³-hybridized carbons (Fsp3) is 0.846. The van der Waals surface area contributed by atoms with Crippen molar-refractivity contribution in [1.29, 1.82) is 0 Å². The Kier molecular flexibility index (Phi) is 27.1. The van der Waals surface area contributed by atoms with Gasteiger partial charge in [-0.3, -0.25) is 4.79 Å². The number of hydrogen-bond acceptors (Lipinski definition) is 1. The van der Waals surface area contributed by atoms with E-state index in [1.807, 2.05) is 0 Å². The molecular formula is C13H27Na2O. The molecule has 0 saturated heterocycles. The molecule has 1 radical (unpaired) electrons. The summed E-state index contributed by atoms with van der Waals surface area (Å²) < 4.78 is 0. The van der Waals surface area contributed by atoms with Crippen LogP contribution in [0.3, 0.4) is 0 Å². The van der Waals surface area contributed by atoms with Crippen LogP contribution in [0.25, 0.3) is 0 Å². The number of Topliss-reactive ketones (excluding diaryl/α,β-unsaturated/α-hetero) is 1. The van der Waals surface area contributed by atoms with Gasteiger partial charge in [0.2, 0.25) is 0 Å². The standard InChI is InChI=1S/C13H25O.2Na.2H/c1-3-4-5-6-7-8-9-10-11-12-13(2)14;;;;/h2-12H2,1H3;;;;. The van der Waals surface area contributed by atoms with Crippen LogP contribution in [0.1, 0.15) is 71.1 Å². The van der Waals surface area contributed by atoms with Gasteiger partial charge in [0.1, 0.15) is 5.78 Å². The Labute approximate surface area is 146 Å². The SMILES string of the molecule is [CH2]C(=O)CCCCCCCCCCC.[NaH].[NaH]. The van der Waals surface area contributed by atoms with Crippen molar-refractivity contribution in [1.82, 2.24) is 0 Å². The third-order valence-electron chi connectivity index (χ3n) is 2.56. The van der Waals surface area contributed by atoms with Crippen molar-refractivity contribution in [3.8, 4) is 0 Å². The molecule has 0 saturated carbocycles. The molecule has 0 aromatic carbocycles. The van der Waals surface area contributed by atoms with Gasteiger partial charge >= 0.3 is 59.1 Å². The molecule has 0 aliphatic rings. The molecule has 0 fully saturated rings. The first-order valence-corrected chi connectivity index (χ1v) is 6.12. The fourth-order valence-corrected chi connectivity index (χ4v) is 1.63. The van der Waals surface area contributed by atoms with Gasteiger partial charge in [-0.15, -0.1) is 0 Å². The summed E-state index contributed by atoms with van der Waals surface area (Å²) >= 11 is 0. The van der Waals surface area contributed by atoms with Crippen LogP contribution in [0, 0.1) is 6.92 Å². The van der Waals surface area contributed by atoms with Gasteiger partial charge < -0.3 is 0 Å². The van der Waals surface area contributed by atoms with Crippen LogP contribution < -0.4 is 0 Å². The summed E-state index contributed by atoms with van der Waals surface area (Å²) in [4.78, 5) is 10.5.